The summed E-state index contributed by atoms with van der Waals surface area (Å²) in [5.74, 6) is 0.557. The Labute approximate surface area is 152 Å². The Morgan fingerprint density at radius 1 is 0.880 bits per heavy atom. The van der Waals surface area contributed by atoms with Crippen LogP contribution in [0.2, 0.25) is 0 Å². The summed E-state index contributed by atoms with van der Waals surface area (Å²) in [6.45, 7) is 4.55. The third-order valence-corrected chi connectivity index (χ3v) is 6.83. The first kappa shape index (κ1) is 17.1. The molecule has 2 N–H and O–H groups in total. The van der Waals surface area contributed by atoms with Crippen LogP contribution in [-0.4, -0.2) is 31.1 Å². The van der Waals surface area contributed by atoms with E-state index in [0.717, 1.165) is 6.54 Å². The van der Waals surface area contributed by atoms with Gasteiger partial charge in [0.25, 0.3) is 0 Å². The predicted molar refractivity (Wildman–Crippen MR) is 107 cm³/mol. The fraction of sp³-hybridized carbons (Fsp3) is 0.565. The van der Waals surface area contributed by atoms with Gasteiger partial charge in [0.15, 0.2) is 0 Å². The molecular weight excluding hydrogens is 304 g/mol. The Balaban J connectivity index is 1.78. The maximum atomic E-state index is 6.48. The molecule has 1 unspecified atom stereocenters. The molecule has 2 aromatic carbocycles. The van der Waals surface area contributed by atoms with Crippen LogP contribution in [0.15, 0.2) is 42.5 Å². The van der Waals surface area contributed by atoms with Gasteiger partial charge in [0, 0.05) is 12.5 Å². The molecular formula is C23H32N2. The van der Waals surface area contributed by atoms with E-state index in [1.165, 1.54) is 80.9 Å². The minimum Gasteiger partial charge on any atom is -0.330 e. The molecule has 4 rings (SSSR count). The van der Waals surface area contributed by atoms with Crippen molar-refractivity contribution >= 4 is 10.8 Å². The number of benzene rings is 2. The average Bonchev–Trinajstić information content (AvgIpc) is 3.20. The van der Waals surface area contributed by atoms with Crippen LogP contribution in [0.25, 0.3) is 10.8 Å². The molecule has 2 aliphatic rings. The first-order valence-corrected chi connectivity index (χ1v) is 10.2. The molecule has 2 fully saturated rings. The highest BCUT2D eigenvalue weighted by molar-refractivity contribution is 5.86. The van der Waals surface area contributed by atoms with Crippen LogP contribution in [0, 0.1) is 5.41 Å². The van der Waals surface area contributed by atoms with E-state index in [4.69, 9.17) is 5.73 Å². The van der Waals surface area contributed by atoms with Crippen molar-refractivity contribution in [2.75, 3.05) is 26.2 Å². The SMILES string of the molecule is NCC1(C(CN2CCCC2)c2cccc3ccccc23)CCCCC1. The number of hydrogen-bond donors (Lipinski definition) is 1. The molecule has 2 heteroatoms. The molecule has 1 atom stereocenters. The van der Waals surface area contributed by atoms with Crippen molar-refractivity contribution in [3.05, 3.63) is 48.0 Å². The number of hydrogen-bond acceptors (Lipinski definition) is 2. The van der Waals surface area contributed by atoms with E-state index < -0.39 is 0 Å². The Kier molecular flexibility index (Phi) is 5.10. The van der Waals surface area contributed by atoms with Gasteiger partial charge in [0.1, 0.15) is 0 Å². The molecule has 1 aliphatic carbocycles. The summed E-state index contributed by atoms with van der Waals surface area (Å²) >= 11 is 0. The Morgan fingerprint density at radius 2 is 1.60 bits per heavy atom. The van der Waals surface area contributed by atoms with E-state index in [0.29, 0.717) is 5.92 Å². The number of rotatable bonds is 5. The molecule has 1 heterocycles. The van der Waals surface area contributed by atoms with Gasteiger partial charge < -0.3 is 10.6 Å². The molecule has 2 aromatic rings. The number of nitrogens with two attached hydrogens (primary N) is 1. The molecule has 134 valence electrons. The summed E-state index contributed by atoms with van der Waals surface area (Å²) in [7, 11) is 0. The minimum absolute atomic E-state index is 0.283. The van der Waals surface area contributed by atoms with Crippen molar-refractivity contribution in [3.63, 3.8) is 0 Å². The van der Waals surface area contributed by atoms with E-state index in [-0.39, 0.29) is 5.41 Å². The fourth-order valence-corrected chi connectivity index (χ4v) is 5.35. The Hall–Kier alpha value is -1.38. The first-order chi connectivity index (χ1) is 12.3. The van der Waals surface area contributed by atoms with Crippen LogP contribution in [-0.2, 0) is 0 Å². The van der Waals surface area contributed by atoms with E-state index in [9.17, 15) is 0 Å². The predicted octanol–water partition coefficient (Wildman–Crippen LogP) is 4.93. The molecule has 0 bridgehead atoms. The Bertz CT molecular complexity index is 691. The largest absolute Gasteiger partial charge is 0.330 e. The zero-order valence-electron chi connectivity index (χ0n) is 15.4. The zero-order chi connectivity index (χ0) is 17.1. The lowest BCUT2D eigenvalue weighted by Crippen LogP contribution is -2.43. The maximum absolute atomic E-state index is 6.48. The molecule has 0 radical (unpaired) electrons. The van der Waals surface area contributed by atoms with E-state index in [2.05, 4.69) is 47.4 Å². The molecule has 1 saturated heterocycles. The highest BCUT2D eigenvalue weighted by Crippen LogP contribution is 2.48. The van der Waals surface area contributed by atoms with Crippen molar-refractivity contribution in [3.8, 4) is 0 Å². The van der Waals surface area contributed by atoms with Gasteiger partial charge in [-0.2, -0.15) is 0 Å². The van der Waals surface area contributed by atoms with Crippen LogP contribution in [0.3, 0.4) is 0 Å². The Morgan fingerprint density at radius 3 is 2.36 bits per heavy atom. The highest BCUT2D eigenvalue weighted by atomic mass is 15.1. The van der Waals surface area contributed by atoms with Crippen LogP contribution in [0.1, 0.15) is 56.4 Å². The van der Waals surface area contributed by atoms with Crippen molar-refractivity contribution in [2.45, 2.75) is 50.9 Å². The highest BCUT2D eigenvalue weighted by Gasteiger charge is 2.41. The summed E-state index contributed by atoms with van der Waals surface area (Å²) in [6.07, 6.45) is 9.39. The summed E-state index contributed by atoms with van der Waals surface area (Å²) < 4.78 is 0. The second kappa shape index (κ2) is 7.47. The lowest BCUT2D eigenvalue weighted by atomic mass is 9.63. The third-order valence-electron chi connectivity index (χ3n) is 6.83. The second-order valence-corrected chi connectivity index (χ2v) is 8.26. The number of nitrogens with zero attached hydrogens (tertiary/aromatic N) is 1. The minimum atomic E-state index is 0.283. The van der Waals surface area contributed by atoms with Gasteiger partial charge in [0.2, 0.25) is 0 Å². The van der Waals surface area contributed by atoms with Gasteiger partial charge in [-0.05, 0) is 67.1 Å². The summed E-state index contributed by atoms with van der Waals surface area (Å²) in [5.41, 5.74) is 8.30. The number of likely N-dealkylation sites (tertiary alicyclic amines) is 1. The van der Waals surface area contributed by atoms with Crippen molar-refractivity contribution in [2.24, 2.45) is 11.1 Å². The van der Waals surface area contributed by atoms with Crippen molar-refractivity contribution in [1.82, 2.24) is 4.90 Å². The smallest absolute Gasteiger partial charge is 0.00563 e. The van der Waals surface area contributed by atoms with Crippen LogP contribution >= 0.6 is 0 Å². The quantitative estimate of drug-likeness (QED) is 0.839. The lowest BCUT2D eigenvalue weighted by molar-refractivity contribution is 0.124. The summed E-state index contributed by atoms with van der Waals surface area (Å²) in [6, 6.07) is 15.8. The lowest BCUT2D eigenvalue weighted by Gasteiger charge is -2.45. The summed E-state index contributed by atoms with van der Waals surface area (Å²) in [4.78, 5) is 2.69. The van der Waals surface area contributed by atoms with Gasteiger partial charge in [-0.15, -0.1) is 0 Å². The van der Waals surface area contributed by atoms with Crippen molar-refractivity contribution in [1.29, 1.82) is 0 Å². The topological polar surface area (TPSA) is 29.3 Å². The molecule has 0 spiro atoms. The fourth-order valence-electron chi connectivity index (χ4n) is 5.35. The standard InChI is InChI=1S/C23H32N2/c24-18-23(13-4-1-5-14-23)22(17-25-15-6-7-16-25)21-12-8-10-19-9-2-3-11-20(19)21/h2-3,8-12,22H,1,4-7,13-18,24H2. The molecule has 2 nitrogen and oxygen atoms in total. The first-order valence-electron chi connectivity index (χ1n) is 10.2. The van der Waals surface area contributed by atoms with Gasteiger partial charge in [-0.25, -0.2) is 0 Å². The van der Waals surface area contributed by atoms with E-state index >= 15 is 0 Å². The molecule has 0 amide bonds. The monoisotopic (exact) mass is 336 g/mol. The zero-order valence-corrected chi connectivity index (χ0v) is 15.4. The molecule has 1 saturated carbocycles. The second-order valence-electron chi connectivity index (χ2n) is 8.26. The summed E-state index contributed by atoms with van der Waals surface area (Å²) in [5, 5.41) is 2.81. The maximum Gasteiger partial charge on any atom is 0.00563 e. The molecule has 1 aliphatic heterocycles. The van der Waals surface area contributed by atoms with E-state index in [1.54, 1.807) is 0 Å². The van der Waals surface area contributed by atoms with Gasteiger partial charge in [0.05, 0.1) is 0 Å². The molecule has 25 heavy (non-hydrogen) atoms. The van der Waals surface area contributed by atoms with Gasteiger partial charge >= 0.3 is 0 Å². The third kappa shape index (κ3) is 3.35. The average molecular weight is 337 g/mol. The number of fused-ring (bicyclic) bond motifs is 1. The van der Waals surface area contributed by atoms with Crippen LogP contribution < -0.4 is 5.73 Å². The van der Waals surface area contributed by atoms with Crippen LogP contribution in [0.4, 0.5) is 0 Å². The molecule has 0 aromatic heterocycles. The van der Waals surface area contributed by atoms with Crippen molar-refractivity contribution < 1.29 is 0 Å². The van der Waals surface area contributed by atoms with Gasteiger partial charge in [-0.3, -0.25) is 0 Å². The normalized spacial score (nSPS) is 22.3. The van der Waals surface area contributed by atoms with Crippen LogP contribution in [0.5, 0.6) is 0 Å². The van der Waals surface area contributed by atoms with Gasteiger partial charge in [-0.1, -0.05) is 61.7 Å². The van der Waals surface area contributed by atoms with E-state index in [1.807, 2.05) is 0 Å².